The third-order valence-electron chi connectivity index (χ3n) is 5.04. The van der Waals surface area contributed by atoms with Gasteiger partial charge in [-0.05, 0) is 50.6 Å². The highest BCUT2D eigenvalue weighted by Crippen LogP contribution is 2.35. The second-order valence-corrected chi connectivity index (χ2v) is 8.36. The van der Waals surface area contributed by atoms with E-state index in [9.17, 15) is 9.59 Å². The first kappa shape index (κ1) is 23.0. The molecule has 1 unspecified atom stereocenters. The van der Waals surface area contributed by atoms with Crippen molar-refractivity contribution in [3.8, 4) is 11.5 Å². The van der Waals surface area contributed by atoms with E-state index in [1.807, 2.05) is 63.2 Å². The molecule has 0 aromatic heterocycles. The van der Waals surface area contributed by atoms with Gasteiger partial charge in [0, 0.05) is 30.0 Å². The Kier molecular flexibility index (Phi) is 8.23. The van der Waals surface area contributed by atoms with Crippen LogP contribution >= 0.6 is 11.8 Å². The van der Waals surface area contributed by atoms with E-state index in [-0.39, 0.29) is 30.7 Å². The standard InChI is InChI=1S/C24H30N2O4S/c1-4-29-20-11-10-18(16-21(20)30-5-2)17(3)25-23(27)12-13-24(28)26-14-15-31-22-9-7-6-8-19(22)26/h6-11,16-17H,4-5,12-15H2,1-3H3,(H,25,27). The first-order valence-corrected chi connectivity index (χ1v) is 11.7. The van der Waals surface area contributed by atoms with Crippen molar-refractivity contribution in [3.63, 3.8) is 0 Å². The van der Waals surface area contributed by atoms with Gasteiger partial charge in [0.05, 0.1) is 24.9 Å². The Bertz CT molecular complexity index is 918. The zero-order valence-electron chi connectivity index (χ0n) is 18.3. The number of nitrogens with one attached hydrogen (secondary N) is 1. The maximum absolute atomic E-state index is 12.7. The largest absolute Gasteiger partial charge is 0.490 e. The van der Waals surface area contributed by atoms with Crippen molar-refractivity contribution in [1.29, 1.82) is 0 Å². The zero-order valence-corrected chi connectivity index (χ0v) is 19.2. The average molecular weight is 443 g/mol. The van der Waals surface area contributed by atoms with Crippen LogP contribution in [-0.2, 0) is 9.59 Å². The molecule has 2 aromatic rings. The highest BCUT2D eigenvalue weighted by molar-refractivity contribution is 7.99. The monoisotopic (exact) mass is 442 g/mol. The lowest BCUT2D eigenvalue weighted by Crippen LogP contribution is -2.36. The van der Waals surface area contributed by atoms with E-state index in [1.54, 1.807) is 16.7 Å². The lowest BCUT2D eigenvalue weighted by atomic mass is 10.1. The van der Waals surface area contributed by atoms with Crippen LogP contribution in [0.4, 0.5) is 5.69 Å². The number of amides is 2. The van der Waals surface area contributed by atoms with E-state index >= 15 is 0 Å². The second kappa shape index (κ2) is 11.1. The molecule has 0 bridgehead atoms. The van der Waals surface area contributed by atoms with Crippen LogP contribution in [0.3, 0.4) is 0 Å². The molecule has 1 atom stereocenters. The smallest absolute Gasteiger partial charge is 0.227 e. The van der Waals surface area contributed by atoms with Crippen molar-refractivity contribution in [1.82, 2.24) is 5.32 Å². The van der Waals surface area contributed by atoms with Crippen LogP contribution < -0.4 is 19.7 Å². The maximum Gasteiger partial charge on any atom is 0.227 e. The summed E-state index contributed by atoms with van der Waals surface area (Å²) < 4.78 is 11.3. The van der Waals surface area contributed by atoms with Gasteiger partial charge in [-0.15, -0.1) is 11.8 Å². The number of anilines is 1. The first-order valence-electron chi connectivity index (χ1n) is 10.7. The van der Waals surface area contributed by atoms with Crippen molar-refractivity contribution in [2.24, 2.45) is 0 Å². The molecular weight excluding hydrogens is 412 g/mol. The third-order valence-corrected chi connectivity index (χ3v) is 6.08. The number of carbonyl (C=O) groups is 2. The molecule has 31 heavy (non-hydrogen) atoms. The van der Waals surface area contributed by atoms with Gasteiger partial charge < -0.3 is 19.7 Å². The summed E-state index contributed by atoms with van der Waals surface area (Å²) in [5, 5.41) is 2.98. The topological polar surface area (TPSA) is 67.9 Å². The zero-order chi connectivity index (χ0) is 22.2. The van der Waals surface area contributed by atoms with Gasteiger partial charge in [-0.2, -0.15) is 0 Å². The number of benzene rings is 2. The van der Waals surface area contributed by atoms with Crippen molar-refractivity contribution < 1.29 is 19.1 Å². The van der Waals surface area contributed by atoms with Crippen molar-refractivity contribution in [2.45, 2.75) is 44.6 Å². The number of nitrogens with zero attached hydrogens (tertiary/aromatic N) is 1. The average Bonchev–Trinajstić information content (AvgIpc) is 2.78. The predicted molar refractivity (Wildman–Crippen MR) is 124 cm³/mol. The molecule has 1 N–H and O–H groups in total. The van der Waals surface area contributed by atoms with Crippen molar-refractivity contribution in [3.05, 3.63) is 48.0 Å². The normalized spacial score (nSPS) is 13.8. The maximum atomic E-state index is 12.7. The Morgan fingerprint density at radius 2 is 1.81 bits per heavy atom. The molecule has 0 saturated heterocycles. The Labute approximate surface area is 188 Å². The minimum atomic E-state index is -0.204. The van der Waals surface area contributed by atoms with Crippen LogP contribution in [0, 0.1) is 0 Å². The number of hydrogen-bond donors (Lipinski definition) is 1. The minimum absolute atomic E-state index is 0.0183. The number of rotatable bonds is 9. The highest BCUT2D eigenvalue weighted by Gasteiger charge is 2.23. The summed E-state index contributed by atoms with van der Waals surface area (Å²) in [5.74, 6) is 2.06. The Hall–Kier alpha value is -2.67. The first-order chi connectivity index (χ1) is 15.0. The summed E-state index contributed by atoms with van der Waals surface area (Å²) in [4.78, 5) is 28.1. The number of fused-ring (bicyclic) bond motifs is 1. The highest BCUT2D eigenvalue weighted by atomic mass is 32.2. The van der Waals surface area contributed by atoms with Crippen LogP contribution in [0.25, 0.3) is 0 Å². The summed E-state index contributed by atoms with van der Waals surface area (Å²) in [6.07, 6.45) is 0.343. The molecule has 0 radical (unpaired) electrons. The van der Waals surface area contributed by atoms with E-state index in [4.69, 9.17) is 9.47 Å². The third kappa shape index (κ3) is 5.94. The predicted octanol–water partition coefficient (Wildman–Crippen LogP) is 4.58. The quantitative estimate of drug-likeness (QED) is 0.616. The molecule has 0 saturated carbocycles. The number of para-hydroxylation sites is 1. The molecule has 7 heteroatoms. The van der Waals surface area contributed by atoms with Crippen LogP contribution in [0.2, 0.25) is 0 Å². The molecule has 0 spiro atoms. The fourth-order valence-electron chi connectivity index (χ4n) is 3.52. The van der Waals surface area contributed by atoms with Crippen molar-refractivity contribution in [2.75, 3.05) is 30.4 Å². The second-order valence-electron chi connectivity index (χ2n) is 7.22. The van der Waals surface area contributed by atoms with E-state index in [0.29, 0.717) is 31.3 Å². The van der Waals surface area contributed by atoms with Gasteiger partial charge >= 0.3 is 0 Å². The van der Waals surface area contributed by atoms with E-state index in [0.717, 1.165) is 21.9 Å². The molecule has 1 aliphatic heterocycles. The molecule has 2 amide bonds. The van der Waals surface area contributed by atoms with Gasteiger partial charge in [-0.25, -0.2) is 0 Å². The van der Waals surface area contributed by atoms with Crippen molar-refractivity contribution >= 4 is 29.3 Å². The van der Waals surface area contributed by atoms with Crippen LogP contribution in [-0.4, -0.2) is 37.3 Å². The van der Waals surface area contributed by atoms with Gasteiger partial charge in [0.25, 0.3) is 0 Å². The van der Waals surface area contributed by atoms with Crippen LogP contribution in [0.15, 0.2) is 47.4 Å². The molecule has 0 fully saturated rings. The summed E-state index contributed by atoms with van der Waals surface area (Å²) in [5.41, 5.74) is 1.86. The number of hydrogen-bond acceptors (Lipinski definition) is 5. The van der Waals surface area contributed by atoms with E-state index < -0.39 is 0 Å². The Morgan fingerprint density at radius 3 is 2.58 bits per heavy atom. The molecule has 6 nitrogen and oxygen atoms in total. The fraction of sp³-hybridized carbons (Fsp3) is 0.417. The van der Waals surface area contributed by atoms with E-state index in [2.05, 4.69) is 5.32 Å². The molecule has 2 aromatic carbocycles. The number of thioether (sulfide) groups is 1. The fourth-order valence-corrected chi connectivity index (χ4v) is 4.51. The molecular formula is C24H30N2O4S. The Balaban J connectivity index is 1.56. The lowest BCUT2D eigenvalue weighted by molar-refractivity contribution is -0.125. The SMILES string of the molecule is CCOc1ccc(C(C)NC(=O)CCC(=O)N2CCSc3ccccc32)cc1OCC. The summed E-state index contributed by atoms with van der Waals surface area (Å²) in [6.45, 7) is 7.53. The van der Waals surface area contributed by atoms with Gasteiger partial charge in [-0.3, -0.25) is 9.59 Å². The molecule has 166 valence electrons. The molecule has 1 aliphatic rings. The summed E-state index contributed by atoms with van der Waals surface area (Å²) >= 11 is 1.76. The van der Waals surface area contributed by atoms with Crippen LogP contribution in [0.1, 0.15) is 45.2 Å². The molecule has 1 heterocycles. The van der Waals surface area contributed by atoms with Gasteiger partial charge in [0.1, 0.15) is 0 Å². The minimum Gasteiger partial charge on any atom is -0.490 e. The van der Waals surface area contributed by atoms with Crippen LogP contribution in [0.5, 0.6) is 11.5 Å². The summed E-state index contributed by atoms with van der Waals surface area (Å²) in [7, 11) is 0. The van der Waals surface area contributed by atoms with E-state index in [1.165, 1.54) is 0 Å². The lowest BCUT2D eigenvalue weighted by Gasteiger charge is -2.29. The molecule has 3 rings (SSSR count). The summed E-state index contributed by atoms with van der Waals surface area (Å²) in [6, 6.07) is 13.4. The van der Waals surface area contributed by atoms with Gasteiger partial charge in [-0.1, -0.05) is 18.2 Å². The van der Waals surface area contributed by atoms with Gasteiger partial charge in [0.15, 0.2) is 11.5 Å². The number of ether oxygens (including phenoxy) is 2. The number of carbonyl (C=O) groups excluding carboxylic acids is 2. The van der Waals surface area contributed by atoms with Gasteiger partial charge in [0.2, 0.25) is 11.8 Å². The Morgan fingerprint density at radius 1 is 1.06 bits per heavy atom. The molecule has 0 aliphatic carbocycles.